The van der Waals surface area contributed by atoms with Gasteiger partial charge < -0.3 is 4.74 Å². The average Bonchev–Trinajstić information content (AvgIpc) is 2.08. The van der Waals surface area contributed by atoms with Gasteiger partial charge >= 0.3 is 0 Å². The number of methoxy groups -OCH3 is 1. The molecule has 0 bridgehead atoms. The van der Waals surface area contributed by atoms with E-state index in [0.29, 0.717) is 0 Å². The van der Waals surface area contributed by atoms with E-state index in [-0.39, 0.29) is 0 Å². The molecule has 0 unspecified atom stereocenters. The summed E-state index contributed by atoms with van der Waals surface area (Å²) in [6.45, 7) is 6.15. The molecule has 0 aliphatic rings. The molecule has 66 valence electrons. The van der Waals surface area contributed by atoms with E-state index in [2.05, 4.69) is 18.8 Å². The number of aromatic nitrogens is 1. The summed E-state index contributed by atoms with van der Waals surface area (Å²) < 4.78 is 5.16. The Bertz CT molecular complexity index is 252. The smallest absolute Gasteiger partial charge is 0.140 e. The van der Waals surface area contributed by atoms with Crippen LogP contribution in [0.1, 0.15) is 23.9 Å². The van der Waals surface area contributed by atoms with Crippen LogP contribution in [0, 0.1) is 13.8 Å². The number of hydrogen-bond donors (Lipinski definition) is 0. The minimum atomic E-state index is 0.879. The Hall–Kier alpha value is -1.05. The molecule has 0 spiro atoms. The third-order valence-corrected chi connectivity index (χ3v) is 2.02. The van der Waals surface area contributed by atoms with Crippen molar-refractivity contribution in [1.82, 2.24) is 4.98 Å². The monoisotopic (exact) mass is 165 g/mol. The highest BCUT2D eigenvalue weighted by Crippen LogP contribution is 2.19. The van der Waals surface area contributed by atoms with Crippen LogP contribution >= 0.6 is 0 Å². The van der Waals surface area contributed by atoms with Crippen molar-refractivity contribution in [2.75, 3.05) is 7.11 Å². The van der Waals surface area contributed by atoms with E-state index < -0.39 is 0 Å². The number of aryl methyl sites for hydroxylation is 3. The zero-order valence-corrected chi connectivity index (χ0v) is 8.14. The predicted octanol–water partition coefficient (Wildman–Crippen LogP) is 2.27. The second-order valence-electron chi connectivity index (χ2n) is 2.89. The summed E-state index contributed by atoms with van der Waals surface area (Å²) in [4.78, 5) is 4.44. The standard InChI is InChI=1S/C10H15NO/c1-5-9-7(2)6-10(12-4)8(3)11-9/h6H,5H2,1-4H3. The SMILES string of the molecule is CCc1nc(C)c(OC)cc1C. The lowest BCUT2D eigenvalue weighted by Gasteiger charge is -2.08. The van der Waals surface area contributed by atoms with Gasteiger partial charge in [0.1, 0.15) is 5.75 Å². The maximum Gasteiger partial charge on any atom is 0.140 e. The van der Waals surface area contributed by atoms with Gasteiger partial charge in [0, 0.05) is 5.69 Å². The molecule has 0 aliphatic carbocycles. The Morgan fingerprint density at radius 2 is 2.08 bits per heavy atom. The molecule has 1 heterocycles. The number of pyridine rings is 1. The molecular formula is C10H15NO. The van der Waals surface area contributed by atoms with Gasteiger partial charge in [-0.05, 0) is 31.9 Å². The molecule has 0 N–H and O–H groups in total. The van der Waals surface area contributed by atoms with Crippen molar-refractivity contribution in [2.24, 2.45) is 0 Å². The van der Waals surface area contributed by atoms with Crippen LogP contribution in [0.4, 0.5) is 0 Å². The van der Waals surface area contributed by atoms with Crippen LogP contribution < -0.4 is 4.74 Å². The predicted molar refractivity (Wildman–Crippen MR) is 49.6 cm³/mol. The van der Waals surface area contributed by atoms with Crippen LogP contribution in [-0.4, -0.2) is 12.1 Å². The van der Waals surface area contributed by atoms with Crippen molar-refractivity contribution in [3.05, 3.63) is 23.0 Å². The molecule has 0 amide bonds. The highest BCUT2D eigenvalue weighted by Gasteiger charge is 2.03. The molecule has 1 aromatic heterocycles. The highest BCUT2D eigenvalue weighted by atomic mass is 16.5. The normalized spacial score (nSPS) is 10.0. The third-order valence-electron chi connectivity index (χ3n) is 2.02. The highest BCUT2D eigenvalue weighted by molar-refractivity contribution is 5.34. The molecule has 0 aliphatic heterocycles. The minimum Gasteiger partial charge on any atom is -0.495 e. The summed E-state index contributed by atoms with van der Waals surface area (Å²) in [5, 5.41) is 0. The molecule has 0 atom stereocenters. The quantitative estimate of drug-likeness (QED) is 0.670. The van der Waals surface area contributed by atoms with Gasteiger partial charge in [-0.25, -0.2) is 0 Å². The van der Waals surface area contributed by atoms with Gasteiger partial charge in [0.05, 0.1) is 12.8 Å². The summed E-state index contributed by atoms with van der Waals surface area (Å²) in [5.74, 6) is 0.879. The van der Waals surface area contributed by atoms with Gasteiger partial charge in [-0.2, -0.15) is 0 Å². The van der Waals surface area contributed by atoms with Crippen LogP contribution in [0.5, 0.6) is 5.75 Å². The van der Waals surface area contributed by atoms with Gasteiger partial charge in [0.2, 0.25) is 0 Å². The van der Waals surface area contributed by atoms with E-state index in [1.54, 1.807) is 7.11 Å². The lowest BCUT2D eigenvalue weighted by Crippen LogP contribution is -1.97. The molecule has 0 aromatic carbocycles. The molecule has 0 radical (unpaired) electrons. The van der Waals surface area contributed by atoms with Crippen molar-refractivity contribution >= 4 is 0 Å². The molecule has 1 rings (SSSR count). The summed E-state index contributed by atoms with van der Waals surface area (Å²) >= 11 is 0. The first-order valence-electron chi connectivity index (χ1n) is 4.20. The minimum absolute atomic E-state index is 0.879. The van der Waals surface area contributed by atoms with Crippen LogP contribution in [0.3, 0.4) is 0 Å². The molecule has 12 heavy (non-hydrogen) atoms. The largest absolute Gasteiger partial charge is 0.495 e. The van der Waals surface area contributed by atoms with E-state index in [1.807, 2.05) is 13.0 Å². The van der Waals surface area contributed by atoms with E-state index in [1.165, 1.54) is 5.56 Å². The second kappa shape index (κ2) is 3.57. The Morgan fingerprint density at radius 3 is 2.58 bits per heavy atom. The van der Waals surface area contributed by atoms with Crippen molar-refractivity contribution in [3.63, 3.8) is 0 Å². The molecule has 0 fully saturated rings. The Balaban J connectivity index is 3.16. The maximum absolute atomic E-state index is 5.16. The molecular weight excluding hydrogens is 150 g/mol. The fraction of sp³-hybridized carbons (Fsp3) is 0.500. The maximum atomic E-state index is 5.16. The molecule has 2 heteroatoms. The van der Waals surface area contributed by atoms with E-state index in [4.69, 9.17) is 4.74 Å². The van der Waals surface area contributed by atoms with Gasteiger partial charge in [-0.15, -0.1) is 0 Å². The number of hydrogen-bond acceptors (Lipinski definition) is 2. The van der Waals surface area contributed by atoms with Crippen molar-refractivity contribution in [2.45, 2.75) is 27.2 Å². The molecule has 0 saturated heterocycles. The summed E-state index contributed by atoms with van der Waals surface area (Å²) in [6.07, 6.45) is 0.983. The van der Waals surface area contributed by atoms with Crippen LogP contribution in [0.25, 0.3) is 0 Å². The van der Waals surface area contributed by atoms with Gasteiger partial charge in [0.25, 0.3) is 0 Å². The first-order chi connectivity index (χ1) is 5.69. The molecule has 1 aromatic rings. The van der Waals surface area contributed by atoms with Crippen LogP contribution in [0.15, 0.2) is 6.07 Å². The molecule has 2 nitrogen and oxygen atoms in total. The topological polar surface area (TPSA) is 22.1 Å². The Labute approximate surface area is 73.6 Å². The lowest BCUT2D eigenvalue weighted by atomic mass is 10.1. The number of nitrogens with zero attached hydrogens (tertiary/aromatic N) is 1. The van der Waals surface area contributed by atoms with Crippen LogP contribution in [-0.2, 0) is 6.42 Å². The third kappa shape index (κ3) is 1.58. The van der Waals surface area contributed by atoms with Crippen LogP contribution in [0.2, 0.25) is 0 Å². The zero-order chi connectivity index (χ0) is 9.14. The van der Waals surface area contributed by atoms with Gasteiger partial charge in [-0.1, -0.05) is 6.92 Å². The summed E-state index contributed by atoms with van der Waals surface area (Å²) in [7, 11) is 1.68. The fourth-order valence-electron chi connectivity index (χ4n) is 1.29. The zero-order valence-electron chi connectivity index (χ0n) is 8.14. The summed E-state index contributed by atoms with van der Waals surface area (Å²) in [6, 6.07) is 2.04. The Kier molecular flexibility index (Phi) is 2.69. The van der Waals surface area contributed by atoms with Crippen molar-refractivity contribution < 1.29 is 4.74 Å². The van der Waals surface area contributed by atoms with Crippen molar-refractivity contribution in [3.8, 4) is 5.75 Å². The fourth-order valence-corrected chi connectivity index (χ4v) is 1.29. The first-order valence-corrected chi connectivity index (χ1v) is 4.20. The summed E-state index contributed by atoms with van der Waals surface area (Å²) in [5.41, 5.74) is 3.34. The average molecular weight is 165 g/mol. The van der Waals surface area contributed by atoms with Gasteiger partial charge in [-0.3, -0.25) is 4.98 Å². The van der Waals surface area contributed by atoms with E-state index >= 15 is 0 Å². The van der Waals surface area contributed by atoms with E-state index in [0.717, 1.165) is 23.6 Å². The second-order valence-corrected chi connectivity index (χ2v) is 2.89. The first kappa shape index (κ1) is 9.04. The number of ether oxygens (including phenoxy) is 1. The van der Waals surface area contributed by atoms with E-state index in [9.17, 15) is 0 Å². The van der Waals surface area contributed by atoms with Crippen molar-refractivity contribution in [1.29, 1.82) is 0 Å². The Morgan fingerprint density at radius 1 is 1.42 bits per heavy atom. The lowest BCUT2D eigenvalue weighted by molar-refractivity contribution is 0.408. The number of rotatable bonds is 2. The van der Waals surface area contributed by atoms with Gasteiger partial charge in [0.15, 0.2) is 0 Å². The molecule has 0 saturated carbocycles.